The van der Waals surface area contributed by atoms with Crippen LogP contribution in [0.1, 0.15) is 285 Å². The third-order valence-electron chi connectivity index (χ3n) is 10.8. The van der Waals surface area contributed by atoms with Gasteiger partial charge in [-0.05, 0) is 43.9 Å². The molecule has 0 N–H and O–H groups in total. The van der Waals surface area contributed by atoms with Crippen molar-refractivity contribution in [1.82, 2.24) is 0 Å². The van der Waals surface area contributed by atoms with Gasteiger partial charge in [-0.25, -0.2) is 0 Å². The normalized spacial score (nSPS) is 11.6. The van der Waals surface area contributed by atoms with Gasteiger partial charge in [-0.15, -0.1) is 18.1 Å². The standard InChI is InChI=1S/4C12H25O3P.Zr/c4*1-2-3-4-5-6-7-8-9-10-11-12-15-16(13)14;/h4*2-12H2,1H3;/q;;;;+4. The second-order valence-electron chi connectivity index (χ2n) is 17.0. The molecule has 0 bridgehead atoms. The molecule has 0 fully saturated rings. The summed E-state index contributed by atoms with van der Waals surface area (Å²) in [5, 5.41) is 0. The number of hydrogen-bond acceptors (Lipinski definition) is 12. The van der Waals surface area contributed by atoms with E-state index in [1.165, 1.54) is 205 Å². The Morgan fingerprint density at radius 3 is 0.446 bits per heavy atom. The minimum atomic E-state index is -2.64. The van der Waals surface area contributed by atoms with E-state index in [2.05, 4.69) is 45.8 Å². The predicted octanol–water partition coefficient (Wildman–Crippen LogP) is 15.8. The topological polar surface area (TPSA) is 197 Å². The van der Waals surface area contributed by atoms with Crippen LogP contribution in [0, 0.1) is 0 Å². The molecule has 0 amide bonds. The van der Waals surface area contributed by atoms with Crippen LogP contribution >= 0.6 is 33.0 Å². The summed E-state index contributed by atoms with van der Waals surface area (Å²) in [6.45, 7) is 10.4. The fraction of sp³-hybridized carbons (Fsp3) is 1.00. The molecule has 0 rings (SSSR count). The van der Waals surface area contributed by atoms with Gasteiger partial charge in [0.25, 0.3) is 0 Å². The van der Waals surface area contributed by atoms with Crippen molar-refractivity contribution in [3.63, 3.8) is 0 Å². The number of unbranched alkanes of at least 4 members (excludes halogenated alkanes) is 36. The molecular formula is C48H100O12P4Zr+4. The first-order valence-electron chi connectivity index (χ1n) is 26.2. The van der Waals surface area contributed by atoms with Crippen molar-refractivity contribution in [2.75, 3.05) is 26.4 Å². The van der Waals surface area contributed by atoms with Gasteiger partial charge in [0.2, 0.25) is 0 Å². The first kappa shape index (κ1) is 74.9. The van der Waals surface area contributed by atoms with Crippen molar-refractivity contribution in [2.24, 2.45) is 0 Å². The minimum Gasteiger partial charge on any atom is -0.566 e. The summed E-state index contributed by atoms with van der Waals surface area (Å²) in [5.41, 5.74) is 0. The van der Waals surface area contributed by atoms with Crippen LogP contribution in [-0.4, -0.2) is 26.4 Å². The van der Waals surface area contributed by atoms with Crippen LogP contribution in [0.2, 0.25) is 0 Å². The third kappa shape index (κ3) is 91.8. The summed E-state index contributed by atoms with van der Waals surface area (Å²) in [6, 6.07) is 0. The summed E-state index contributed by atoms with van der Waals surface area (Å²) in [6.07, 6.45) is 50.0. The molecule has 65 heavy (non-hydrogen) atoms. The largest absolute Gasteiger partial charge is 4.00 e. The Balaban J connectivity index is -0.000000245. The van der Waals surface area contributed by atoms with Crippen molar-refractivity contribution >= 4 is 33.0 Å². The third-order valence-corrected chi connectivity index (χ3v) is 12.4. The van der Waals surface area contributed by atoms with E-state index in [0.29, 0.717) is 26.4 Å². The quantitative estimate of drug-likeness (QED) is 0.0413. The molecule has 0 heterocycles. The van der Waals surface area contributed by atoms with E-state index in [9.17, 15) is 37.8 Å². The second-order valence-corrected chi connectivity index (χ2v) is 19.8. The van der Waals surface area contributed by atoms with Crippen molar-refractivity contribution in [3.05, 3.63) is 0 Å². The summed E-state index contributed by atoms with van der Waals surface area (Å²) < 4.78 is 58.2. The van der Waals surface area contributed by atoms with Crippen LogP contribution < -0.4 is 19.6 Å². The molecular weight excluding hydrogens is 984 g/mol. The fourth-order valence-corrected chi connectivity index (χ4v) is 8.03. The van der Waals surface area contributed by atoms with Crippen LogP contribution in [0.15, 0.2) is 0 Å². The van der Waals surface area contributed by atoms with Crippen LogP contribution in [0.5, 0.6) is 0 Å². The smallest absolute Gasteiger partial charge is 0.566 e. The number of hydrogen-bond donors (Lipinski definition) is 0. The van der Waals surface area contributed by atoms with E-state index < -0.39 is 33.0 Å². The zero-order valence-corrected chi connectivity index (χ0v) is 48.3. The van der Waals surface area contributed by atoms with Gasteiger partial charge < -0.3 is 19.6 Å². The van der Waals surface area contributed by atoms with Gasteiger partial charge in [0.05, 0.1) is 0 Å². The molecule has 0 aromatic rings. The van der Waals surface area contributed by atoms with Gasteiger partial charge in [-0.3, -0.25) is 0 Å². The molecule has 0 aliphatic rings. The predicted molar refractivity (Wildman–Crippen MR) is 262 cm³/mol. The van der Waals surface area contributed by atoms with Gasteiger partial charge in [0, 0.05) is 0 Å². The maximum absolute atomic E-state index is 10.1. The summed E-state index contributed by atoms with van der Waals surface area (Å²) in [7, 11) is -10.5. The summed E-state index contributed by atoms with van der Waals surface area (Å²) in [4.78, 5) is 40.3. The second kappa shape index (κ2) is 71.5. The van der Waals surface area contributed by atoms with Gasteiger partial charge >= 0.3 is 59.2 Å². The zero-order valence-electron chi connectivity index (χ0n) is 42.3. The molecule has 0 aliphatic carbocycles. The molecule has 0 aromatic heterocycles. The molecule has 0 saturated carbocycles. The first-order valence-corrected chi connectivity index (χ1v) is 30.6. The molecule has 0 radical (unpaired) electrons. The zero-order chi connectivity index (χ0) is 48.3. The summed E-state index contributed by atoms with van der Waals surface area (Å²) >= 11 is 0. The Kier molecular flexibility index (Phi) is 82.4. The van der Waals surface area contributed by atoms with E-state index in [1.807, 2.05) is 0 Å². The average molecular weight is 1080 g/mol. The summed E-state index contributed by atoms with van der Waals surface area (Å²) in [5.74, 6) is 0. The van der Waals surface area contributed by atoms with Crippen LogP contribution in [0.4, 0.5) is 0 Å². The maximum Gasteiger partial charge on any atom is 4.00 e. The maximum atomic E-state index is 10.1. The Morgan fingerprint density at radius 1 is 0.231 bits per heavy atom. The molecule has 17 heteroatoms. The van der Waals surface area contributed by atoms with Crippen molar-refractivity contribution in [3.8, 4) is 0 Å². The van der Waals surface area contributed by atoms with Crippen molar-refractivity contribution < 1.29 is 82.1 Å². The SMILES string of the molecule is CCCCCCCCCCCCO[P+](=O)[O-].CCCCCCCCCCCCO[P+](=O)[O-].CCCCCCCCCCCCO[P+](=O)[O-].CCCCCCCCCCCCO[P+](=O)[O-].[Zr+4]. The van der Waals surface area contributed by atoms with Crippen LogP contribution in [0.3, 0.4) is 0 Å². The minimum absolute atomic E-state index is 0. The number of rotatable bonds is 48. The van der Waals surface area contributed by atoms with Crippen LogP contribution in [-0.2, 0) is 62.6 Å². The Morgan fingerprint density at radius 2 is 0.338 bits per heavy atom. The van der Waals surface area contributed by atoms with Gasteiger partial charge in [-0.2, -0.15) is 0 Å². The average Bonchev–Trinajstić information content (AvgIpc) is 3.26. The van der Waals surface area contributed by atoms with Gasteiger partial charge in [-0.1, -0.05) is 259 Å². The molecule has 12 nitrogen and oxygen atoms in total. The van der Waals surface area contributed by atoms with E-state index >= 15 is 0 Å². The molecule has 0 spiro atoms. The van der Waals surface area contributed by atoms with Gasteiger partial charge in [0.1, 0.15) is 26.4 Å². The van der Waals surface area contributed by atoms with Crippen LogP contribution in [0.25, 0.3) is 0 Å². The first-order chi connectivity index (χ1) is 31.1. The van der Waals surface area contributed by atoms with Crippen molar-refractivity contribution in [2.45, 2.75) is 285 Å². The van der Waals surface area contributed by atoms with Gasteiger partial charge in [0.15, 0.2) is 0 Å². The van der Waals surface area contributed by atoms with Crippen molar-refractivity contribution in [1.29, 1.82) is 0 Å². The Bertz CT molecular complexity index is 801. The molecule has 0 aliphatic heterocycles. The fourth-order valence-electron chi connectivity index (χ4n) is 6.91. The molecule has 4 unspecified atom stereocenters. The Labute approximate surface area is 423 Å². The van der Waals surface area contributed by atoms with E-state index in [4.69, 9.17) is 0 Å². The Hall–Kier alpha value is 0.963. The molecule has 384 valence electrons. The van der Waals surface area contributed by atoms with E-state index in [-0.39, 0.29) is 26.2 Å². The van der Waals surface area contributed by atoms with E-state index in [0.717, 1.165) is 51.4 Å². The van der Waals surface area contributed by atoms with E-state index in [1.54, 1.807) is 0 Å². The molecule has 0 saturated heterocycles. The molecule has 0 aromatic carbocycles. The molecule has 4 atom stereocenters. The monoisotopic (exact) mass is 1080 g/mol.